The maximum absolute atomic E-state index is 13.0. The molecule has 4 rings (SSSR count). The summed E-state index contributed by atoms with van der Waals surface area (Å²) in [6.07, 6.45) is 2.50. The maximum Gasteiger partial charge on any atom is 0.341 e. The summed E-state index contributed by atoms with van der Waals surface area (Å²) in [7, 11) is 1.52. The molecular formula is C21H32O6. The molecule has 152 valence electrons. The molecule has 1 N–H and O–H groups in total. The number of Topliss-reactive ketones (excluding diaryl/α,β-unsaturated/α-hetero) is 1. The highest BCUT2D eigenvalue weighted by Gasteiger charge is 2.72. The van der Waals surface area contributed by atoms with Crippen LogP contribution in [0.25, 0.3) is 0 Å². The lowest BCUT2D eigenvalue weighted by molar-refractivity contribution is -0.249. The lowest BCUT2D eigenvalue weighted by atomic mass is 9.43. The van der Waals surface area contributed by atoms with Crippen molar-refractivity contribution >= 4 is 11.8 Å². The largest absolute Gasteiger partial charge is 0.433 e. The summed E-state index contributed by atoms with van der Waals surface area (Å²) in [6.45, 7) is 8.29. The number of ketones is 1. The molecule has 0 aromatic heterocycles. The Kier molecular flexibility index (Phi) is 4.13. The molecule has 0 bridgehead atoms. The van der Waals surface area contributed by atoms with Gasteiger partial charge in [-0.25, -0.2) is 4.79 Å². The van der Waals surface area contributed by atoms with Crippen molar-refractivity contribution in [3.63, 3.8) is 0 Å². The van der Waals surface area contributed by atoms with E-state index in [2.05, 4.69) is 20.8 Å². The quantitative estimate of drug-likeness (QED) is 0.704. The number of rotatable bonds is 1. The smallest absolute Gasteiger partial charge is 0.341 e. The third-order valence-electron chi connectivity index (χ3n) is 8.67. The zero-order chi connectivity index (χ0) is 19.8. The van der Waals surface area contributed by atoms with E-state index in [-0.39, 0.29) is 34.4 Å². The molecule has 0 amide bonds. The van der Waals surface area contributed by atoms with Gasteiger partial charge in [-0.15, -0.1) is 0 Å². The number of fused-ring (bicyclic) bond motifs is 2. The SMILES string of the molecule is CO[C@@H]1C[C@@]2(CC[C@@]3(O2)[C@H](C)C(=O)C[C@H]2C(C)(C)[C@H](O)CC[C@@]23C)C(=O)O1. The molecule has 6 heteroatoms. The summed E-state index contributed by atoms with van der Waals surface area (Å²) in [4.78, 5) is 25.7. The Bertz CT molecular complexity index is 674. The van der Waals surface area contributed by atoms with E-state index in [0.29, 0.717) is 32.1 Å². The summed E-state index contributed by atoms with van der Waals surface area (Å²) >= 11 is 0. The molecule has 2 heterocycles. The number of carbonyl (C=O) groups excluding carboxylic acids is 2. The second-order valence-electron chi connectivity index (χ2n) is 10.00. The van der Waals surface area contributed by atoms with Crippen LogP contribution in [0.15, 0.2) is 0 Å². The molecule has 0 aromatic rings. The van der Waals surface area contributed by atoms with Gasteiger partial charge in [0.1, 0.15) is 5.78 Å². The van der Waals surface area contributed by atoms with Crippen molar-refractivity contribution in [2.75, 3.05) is 7.11 Å². The van der Waals surface area contributed by atoms with Gasteiger partial charge in [0.25, 0.3) is 0 Å². The van der Waals surface area contributed by atoms with Crippen LogP contribution < -0.4 is 0 Å². The Labute approximate surface area is 160 Å². The molecule has 0 radical (unpaired) electrons. The van der Waals surface area contributed by atoms with Gasteiger partial charge < -0.3 is 19.3 Å². The van der Waals surface area contributed by atoms with E-state index in [1.54, 1.807) is 0 Å². The van der Waals surface area contributed by atoms with Crippen LogP contribution in [-0.4, -0.2) is 47.6 Å². The standard InChI is InChI=1S/C21H32O6/c1-12-13(22)10-14-18(2,3)15(23)6-7-19(14,4)21(12)9-8-20(27-21)11-16(25-5)26-17(20)24/h12,14-16,23H,6-11H2,1-5H3/t12-,14+,15-,16+,19+,20+,21-/m1/s1. The third-order valence-corrected chi connectivity index (χ3v) is 8.67. The normalized spacial score (nSPS) is 51.6. The van der Waals surface area contributed by atoms with Crippen LogP contribution in [0.2, 0.25) is 0 Å². The Morgan fingerprint density at radius 1 is 1.15 bits per heavy atom. The van der Waals surface area contributed by atoms with Crippen LogP contribution in [-0.2, 0) is 23.8 Å². The van der Waals surface area contributed by atoms with Crippen LogP contribution >= 0.6 is 0 Å². The van der Waals surface area contributed by atoms with Gasteiger partial charge in [0, 0.05) is 24.9 Å². The van der Waals surface area contributed by atoms with Crippen molar-refractivity contribution in [1.29, 1.82) is 0 Å². The first-order valence-electron chi connectivity index (χ1n) is 10.2. The van der Waals surface area contributed by atoms with E-state index in [9.17, 15) is 14.7 Å². The molecule has 7 atom stereocenters. The Hall–Kier alpha value is -0.980. The fourth-order valence-electron chi connectivity index (χ4n) is 6.75. The zero-order valence-electron chi connectivity index (χ0n) is 17.0. The average Bonchev–Trinajstić information content (AvgIpc) is 3.16. The van der Waals surface area contributed by atoms with Gasteiger partial charge in [-0.3, -0.25) is 4.79 Å². The minimum absolute atomic E-state index is 0.0169. The highest BCUT2D eigenvalue weighted by Crippen LogP contribution is 2.67. The van der Waals surface area contributed by atoms with Crippen molar-refractivity contribution < 1.29 is 28.9 Å². The van der Waals surface area contributed by atoms with Crippen molar-refractivity contribution in [2.45, 2.75) is 89.8 Å². The molecule has 4 aliphatic rings. The lowest BCUT2D eigenvalue weighted by Crippen LogP contribution is -2.67. The highest BCUT2D eigenvalue weighted by molar-refractivity contribution is 5.85. The minimum Gasteiger partial charge on any atom is -0.433 e. The molecule has 2 saturated carbocycles. The van der Waals surface area contributed by atoms with Gasteiger partial charge in [-0.1, -0.05) is 27.7 Å². The van der Waals surface area contributed by atoms with Crippen molar-refractivity contribution in [2.24, 2.45) is 22.7 Å². The second kappa shape index (κ2) is 5.77. The number of cyclic esters (lactones) is 1. The zero-order valence-corrected chi connectivity index (χ0v) is 17.0. The molecule has 2 aliphatic heterocycles. The van der Waals surface area contributed by atoms with Gasteiger partial charge in [-0.05, 0) is 37.0 Å². The molecule has 4 fully saturated rings. The predicted octanol–water partition coefficient (Wildman–Crippen LogP) is 2.61. The van der Waals surface area contributed by atoms with Gasteiger partial charge in [0.15, 0.2) is 5.60 Å². The number of ether oxygens (including phenoxy) is 3. The Morgan fingerprint density at radius 3 is 2.48 bits per heavy atom. The molecule has 2 aliphatic carbocycles. The van der Waals surface area contributed by atoms with Crippen LogP contribution in [0.5, 0.6) is 0 Å². The molecular weight excluding hydrogens is 348 g/mol. The third kappa shape index (κ3) is 2.29. The van der Waals surface area contributed by atoms with E-state index < -0.39 is 23.6 Å². The molecule has 6 nitrogen and oxygen atoms in total. The van der Waals surface area contributed by atoms with Crippen LogP contribution in [0, 0.1) is 22.7 Å². The van der Waals surface area contributed by atoms with Gasteiger partial charge >= 0.3 is 5.97 Å². The number of aliphatic hydroxyl groups excluding tert-OH is 1. The fraction of sp³-hybridized carbons (Fsp3) is 0.905. The summed E-state index contributed by atoms with van der Waals surface area (Å²) < 4.78 is 17.3. The first-order chi connectivity index (χ1) is 12.5. The Morgan fingerprint density at radius 2 is 1.85 bits per heavy atom. The molecule has 27 heavy (non-hydrogen) atoms. The van der Waals surface area contributed by atoms with E-state index in [0.717, 1.165) is 6.42 Å². The monoisotopic (exact) mass is 380 g/mol. The van der Waals surface area contributed by atoms with Crippen molar-refractivity contribution in [1.82, 2.24) is 0 Å². The summed E-state index contributed by atoms with van der Waals surface area (Å²) in [6, 6.07) is 0. The van der Waals surface area contributed by atoms with E-state index in [1.807, 2.05) is 6.92 Å². The second-order valence-corrected chi connectivity index (χ2v) is 10.00. The Balaban J connectivity index is 1.77. The summed E-state index contributed by atoms with van der Waals surface area (Å²) in [5, 5.41) is 10.6. The number of hydrogen-bond donors (Lipinski definition) is 1. The number of aliphatic hydroxyl groups is 1. The van der Waals surface area contributed by atoms with E-state index in [1.165, 1.54) is 7.11 Å². The molecule has 2 spiro atoms. The first-order valence-corrected chi connectivity index (χ1v) is 10.2. The number of methoxy groups -OCH3 is 1. The molecule has 0 unspecified atom stereocenters. The lowest BCUT2D eigenvalue weighted by Gasteiger charge is -2.63. The fourth-order valence-corrected chi connectivity index (χ4v) is 6.75. The van der Waals surface area contributed by atoms with Crippen LogP contribution in [0.3, 0.4) is 0 Å². The maximum atomic E-state index is 13.0. The van der Waals surface area contributed by atoms with E-state index >= 15 is 0 Å². The van der Waals surface area contributed by atoms with Crippen molar-refractivity contribution in [3.8, 4) is 0 Å². The highest BCUT2D eigenvalue weighted by atomic mass is 16.7. The number of carbonyl (C=O) groups is 2. The average molecular weight is 380 g/mol. The minimum atomic E-state index is -1.01. The van der Waals surface area contributed by atoms with Gasteiger partial charge in [-0.2, -0.15) is 0 Å². The van der Waals surface area contributed by atoms with Gasteiger partial charge in [0.05, 0.1) is 18.1 Å². The van der Waals surface area contributed by atoms with E-state index in [4.69, 9.17) is 14.2 Å². The molecule has 2 saturated heterocycles. The molecule has 0 aromatic carbocycles. The topological polar surface area (TPSA) is 82.1 Å². The number of hydrogen-bond acceptors (Lipinski definition) is 6. The van der Waals surface area contributed by atoms with Gasteiger partial charge in [0.2, 0.25) is 6.29 Å². The van der Waals surface area contributed by atoms with Crippen molar-refractivity contribution in [3.05, 3.63) is 0 Å². The first kappa shape index (κ1) is 19.3. The van der Waals surface area contributed by atoms with Crippen LogP contribution in [0.4, 0.5) is 0 Å². The number of esters is 1. The summed E-state index contributed by atoms with van der Waals surface area (Å²) in [5.74, 6) is -0.458. The predicted molar refractivity (Wildman–Crippen MR) is 96.7 cm³/mol. The summed E-state index contributed by atoms with van der Waals surface area (Å²) in [5.41, 5.74) is -2.37. The van der Waals surface area contributed by atoms with Crippen LogP contribution in [0.1, 0.15) is 66.2 Å².